The normalized spacial score (nSPS) is 29.7. The first-order chi connectivity index (χ1) is 12.3. The molecule has 2 atom stereocenters. The fourth-order valence-electron chi connectivity index (χ4n) is 5.71. The number of nitrogens with zero attached hydrogens (tertiary/aromatic N) is 1. The molecule has 3 heteroatoms. The number of fused-ring (bicyclic) bond motifs is 2. The molecule has 25 heavy (non-hydrogen) atoms. The van der Waals surface area contributed by atoms with Gasteiger partial charge in [-0.2, -0.15) is 0 Å². The number of hydrogen-bond donors (Lipinski definition) is 0. The third-order valence-corrected chi connectivity index (χ3v) is 6.68. The molecule has 4 aliphatic rings. The molecular weight excluding hydrogens is 310 g/mol. The number of anilines is 1. The van der Waals surface area contributed by atoms with Crippen molar-refractivity contribution in [1.29, 1.82) is 0 Å². The van der Waals surface area contributed by atoms with Gasteiger partial charge in [-0.25, -0.2) is 0 Å². The summed E-state index contributed by atoms with van der Waals surface area (Å²) >= 11 is 0. The molecule has 2 aliphatic carbocycles. The van der Waals surface area contributed by atoms with Crippen molar-refractivity contribution in [2.75, 3.05) is 4.90 Å². The van der Waals surface area contributed by atoms with E-state index in [1.165, 1.54) is 31.4 Å². The summed E-state index contributed by atoms with van der Waals surface area (Å²) in [6.07, 6.45) is 7.22. The van der Waals surface area contributed by atoms with Gasteiger partial charge < -0.3 is 9.64 Å². The summed E-state index contributed by atoms with van der Waals surface area (Å²) < 4.78 is 6.77. The highest BCUT2D eigenvalue weighted by atomic mass is 16.5. The van der Waals surface area contributed by atoms with E-state index in [9.17, 15) is 4.79 Å². The van der Waals surface area contributed by atoms with E-state index in [4.69, 9.17) is 4.74 Å². The molecule has 0 radical (unpaired) electrons. The molecule has 6 rings (SSSR count). The number of rotatable bonds is 1. The summed E-state index contributed by atoms with van der Waals surface area (Å²) in [5, 5.41) is 0. The molecule has 126 valence electrons. The van der Waals surface area contributed by atoms with Crippen LogP contribution < -0.4 is 4.90 Å². The van der Waals surface area contributed by atoms with E-state index in [0.29, 0.717) is 6.04 Å². The third-order valence-electron chi connectivity index (χ3n) is 6.68. The summed E-state index contributed by atoms with van der Waals surface area (Å²) in [5.41, 5.74) is 4.71. The van der Waals surface area contributed by atoms with Gasteiger partial charge in [0.15, 0.2) is 5.78 Å². The maximum absolute atomic E-state index is 13.2. The van der Waals surface area contributed by atoms with E-state index in [1.807, 2.05) is 24.3 Å². The molecule has 2 aromatic carbocycles. The lowest BCUT2D eigenvalue weighted by atomic mass is 9.72. The molecule has 3 nitrogen and oxygen atoms in total. The Hall–Kier alpha value is -2.13. The predicted octanol–water partition coefficient (Wildman–Crippen LogP) is 4.37. The Balaban J connectivity index is 1.65. The van der Waals surface area contributed by atoms with Gasteiger partial charge in [0.1, 0.15) is 11.8 Å². The summed E-state index contributed by atoms with van der Waals surface area (Å²) in [5.74, 6) is 0.151. The molecule has 2 aromatic rings. The minimum Gasteiger partial charge on any atom is -0.343 e. The second kappa shape index (κ2) is 4.73. The monoisotopic (exact) mass is 331 g/mol. The zero-order valence-electron chi connectivity index (χ0n) is 14.2. The van der Waals surface area contributed by atoms with Gasteiger partial charge in [0.2, 0.25) is 0 Å². The Morgan fingerprint density at radius 1 is 0.960 bits per heavy atom. The zero-order valence-corrected chi connectivity index (χ0v) is 14.2. The summed E-state index contributed by atoms with van der Waals surface area (Å²) in [4.78, 5) is 15.7. The highest BCUT2D eigenvalue weighted by Crippen LogP contribution is 2.58. The van der Waals surface area contributed by atoms with E-state index < -0.39 is 5.60 Å². The maximum atomic E-state index is 13.2. The quantitative estimate of drug-likeness (QED) is 0.777. The first-order valence-corrected chi connectivity index (χ1v) is 9.53. The van der Waals surface area contributed by atoms with Crippen LogP contribution >= 0.6 is 0 Å². The molecule has 2 unspecified atom stereocenters. The van der Waals surface area contributed by atoms with Crippen LogP contribution in [0.4, 0.5) is 5.69 Å². The van der Waals surface area contributed by atoms with Gasteiger partial charge in [-0.3, -0.25) is 4.79 Å². The smallest absolute Gasteiger partial charge is 0.193 e. The largest absolute Gasteiger partial charge is 0.343 e. The minimum atomic E-state index is -0.420. The number of ether oxygens (including phenoxy) is 1. The minimum absolute atomic E-state index is 0.145. The van der Waals surface area contributed by atoms with Crippen LogP contribution in [0.15, 0.2) is 42.5 Å². The van der Waals surface area contributed by atoms with Crippen LogP contribution in [-0.4, -0.2) is 18.1 Å². The lowest BCUT2D eigenvalue weighted by Gasteiger charge is -2.48. The van der Waals surface area contributed by atoms with Gasteiger partial charge in [-0.05, 0) is 37.3 Å². The molecule has 0 N–H and O–H groups in total. The van der Waals surface area contributed by atoms with Crippen molar-refractivity contribution in [2.45, 2.75) is 56.4 Å². The highest BCUT2D eigenvalue weighted by molar-refractivity contribution is 6.14. The Morgan fingerprint density at radius 2 is 1.76 bits per heavy atom. The lowest BCUT2D eigenvalue weighted by Crippen LogP contribution is -2.50. The van der Waals surface area contributed by atoms with Crippen molar-refractivity contribution in [3.8, 4) is 0 Å². The molecule has 0 aromatic heterocycles. The SMILES string of the molecule is O=C1c2ccccc2C23CCC(O2)N(C2CCCC2)c2cccc1c23. The van der Waals surface area contributed by atoms with Crippen molar-refractivity contribution in [1.82, 2.24) is 0 Å². The first-order valence-electron chi connectivity index (χ1n) is 9.53. The van der Waals surface area contributed by atoms with Crippen molar-refractivity contribution in [2.24, 2.45) is 0 Å². The topological polar surface area (TPSA) is 29.5 Å². The average Bonchev–Trinajstić information content (AvgIpc) is 3.30. The molecule has 2 bridgehead atoms. The second-order valence-electron chi connectivity index (χ2n) is 7.86. The number of benzene rings is 2. The van der Waals surface area contributed by atoms with E-state index in [0.717, 1.165) is 35.1 Å². The molecule has 2 heterocycles. The molecule has 1 spiro atoms. The predicted molar refractivity (Wildman–Crippen MR) is 95.9 cm³/mol. The Bertz CT molecular complexity index is 899. The van der Waals surface area contributed by atoms with E-state index >= 15 is 0 Å². The molecular formula is C22H21NO2. The Labute approximate surface area is 147 Å². The number of ketones is 1. The van der Waals surface area contributed by atoms with Crippen LogP contribution in [0, 0.1) is 0 Å². The van der Waals surface area contributed by atoms with Gasteiger partial charge in [0.05, 0.1) is 0 Å². The Kier molecular flexibility index (Phi) is 2.67. The third kappa shape index (κ3) is 1.63. The standard InChI is InChI=1S/C22H21NO2/c24-21-15-8-3-4-10-17(15)22-13-12-19(25-22)23(14-6-1-2-7-14)18-11-5-9-16(21)20(18)22/h3-5,8-11,14,19H,1-2,6-7,12-13H2. The summed E-state index contributed by atoms with van der Waals surface area (Å²) in [6.45, 7) is 0. The van der Waals surface area contributed by atoms with Gasteiger partial charge >= 0.3 is 0 Å². The number of carbonyl (C=O) groups is 1. The van der Waals surface area contributed by atoms with Crippen molar-refractivity contribution in [3.05, 3.63) is 64.7 Å². The molecule has 0 amide bonds. The fourth-order valence-corrected chi connectivity index (χ4v) is 5.71. The molecule has 1 saturated carbocycles. The van der Waals surface area contributed by atoms with Gasteiger partial charge in [0, 0.05) is 28.4 Å². The van der Waals surface area contributed by atoms with E-state index in [-0.39, 0.29) is 12.0 Å². The van der Waals surface area contributed by atoms with E-state index in [2.05, 4.69) is 23.1 Å². The molecule has 2 fully saturated rings. The number of hydrogen-bond acceptors (Lipinski definition) is 3. The zero-order chi connectivity index (χ0) is 16.6. The van der Waals surface area contributed by atoms with Crippen molar-refractivity contribution < 1.29 is 9.53 Å². The summed E-state index contributed by atoms with van der Waals surface area (Å²) in [6, 6.07) is 14.9. The van der Waals surface area contributed by atoms with Crippen molar-refractivity contribution >= 4 is 11.5 Å². The van der Waals surface area contributed by atoms with Crippen LogP contribution in [0.5, 0.6) is 0 Å². The average molecular weight is 331 g/mol. The first kappa shape index (κ1) is 14.1. The molecule has 2 aliphatic heterocycles. The Morgan fingerprint density at radius 3 is 2.64 bits per heavy atom. The van der Waals surface area contributed by atoms with Crippen molar-refractivity contribution in [3.63, 3.8) is 0 Å². The maximum Gasteiger partial charge on any atom is 0.193 e. The highest BCUT2D eigenvalue weighted by Gasteiger charge is 2.56. The van der Waals surface area contributed by atoms with Crippen LogP contribution in [-0.2, 0) is 10.3 Å². The lowest BCUT2D eigenvalue weighted by molar-refractivity contribution is -0.0327. The number of carbonyl (C=O) groups excluding carboxylic acids is 1. The van der Waals surface area contributed by atoms with E-state index in [1.54, 1.807) is 0 Å². The van der Waals surface area contributed by atoms with Crippen LogP contribution in [0.25, 0.3) is 0 Å². The van der Waals surface area contributed by atoms with Crippen LogP contribution in [0.3, 0.4) is 0 Å². The second-order valence-corrected chi connectivity index (χ2v) is 7.86. The van der Waals surface area contributed by atoms with Gasteiger partial charge in [-0.1, -0.05) is 49.2 Å². The fraction of sp³-hybridized carbons (Fsp3) is 0.409. The van der Waals surface area contributed by atoms with Gasteiger partial charge in [-0.15, -0.1) is 0 Å². The molecule has 1 saturated heterocycles. The van der Waals surface area contributed by atoms with Crippen LogP contribution in [0.1, 0.15) is 65.6 Å². The van der Waals surface area contributed by atoms with Gasteiger partial charge in [0.25, 0.3) is 0 Å². The summed E-state index contributed by atoms with van der Waals surface area (Å²) in [7, 11) is 0. The van der Waals surface area contributed by atoms with Crippen LogP contribution in [0.2, 0.25) is 0 Å².